The van der Waals surface area contributed by atoms with Crippen molar-refractivity contribution in [2.75, 3.05) is 6.61 Å². The van der Waals surface area contributed by atoms with Gasteiger partial charge in [0.1, 0.15) is 11.8 Å². The van der Waals surface area contributed by atoms with Crippen molar-refractivity contribution < 1.29 is 14.3 Å². The van der Waals surface area contributed by atoms with Crippen molar-refractivity contribution in [1.29, 1.82) is 0 Å². The van der Waals surface area contributed by atoms with E-state index in [-0.39, 0.29) is 36.4 Å². The van der Waals surface area contributed by atoms with E-state index in [1.165, 1.54) is 10.5 Å². The normalized spacial score (nSPS) is 13.2. The van der Waals surface area contributed by atoms with E-state index in [4.69, 9.17) is 27.9 Å². The molecule has 0 aliphatic heterocycles. The highest BCUT2D eigenvalue weighted by molar-refractivity contribution is 6.35. The van der Waals surface area contributed by atoms with E-state index in [1.54, 1.807) is 25.1 Å². The van der Waals surface area contributed by atoms with Crippen LogP contribution in [0.15, 0.2) is 42.5 Å². The van der Waals surface area contributed by atoms with Crippen molar-refractivity contribution in [1.82, 2.24) is 10.2 Å². The van der Waals surface area contributed by atoms with Crippen LogP contribution in [-0.4, -0.2) is 35.4 Å². The van der Waals surface area contributed by atoms with Crippen molar-refractivity contribution in [2.45, 2.75) is 72.0 Å². The molecule has 0 saturated carbocycles. The second-order valence-corrected chi connectivity index (χ2v) is 10.2. The SMILES string of the molecule is CCC(C)NC(=O)C(C)N(Cc1ccc(Cl)cc1Cl)C(=O)COc1ccc(C(C)(C)C)cc1. The fourth-order valence-corrected chi connectivity index (χ4v) is 3.63. The third-order valence-corrected chi connectivity index (χ3v) is 6.19. The van der Waals surface area contributed by atoms with E-state index in [2.05, 4.69) is 26.1 Å². The van der Waals surface area contributed by atoms with Gasteiger partial charge in [0.2, 0.25) is 5.91 Å². The Labute approximate surface area is 207 Å². The van der Waals surface area contributed by atoms with Gasteiger partial charge in [0.05, 0.1) is 0 Å². The Balaban J connectivity index is 2.18. The maximum Gasteiger partial charge on any atom is 0.261 e. The molecular formula is C26H34Cl2N2O3. The zero-order valence-electron chi connectivity index (χ0n) is 20.2. The fourth-order valence-electron chi connectivity index (χ4n) is 3.16. The first kappa shape index (κ1) is 27.0. The molecule has 2 atom stereocenters. The van der Waals surface area contributed by atoms with Crippen molar-refractivity contribution in [3.05, 3.63) is 63.6 Å². The van der Waals surface area contributed by atoms with Gasteiger partial charge in [-0.2, -0.15) is 0 Å². The molecule has 0 aliphatic rings. The van der Waals surface area contributed by atoms with Crippen LogP contribution in [0.25, 0.3) is 0 Å². The maximum atomic E-state index is 13.2. The molecule has 2 aromatic carbocycles. The number of carbonyl (C=O) groups is 2. The summed E-state index contributed by atoms with van der Waals surface area (Å²) >= 11 is 12.3. The summed E-state index contributed by atoms with van der Waals surface area (Å²) in [7, 11) is 0. The first-order valence-electron chi connectivity index (χ1n) is 11.2. The molecule has 0 aromatic heterocycles. The van der Waals surface area contributed by atoms with Gasteiger partial charge in [0.15, 0.2) is 6.61 Å². The highest BCUT2D eigenvalue weighted by Crippen LogP contribution is 2.25. The summed E-state index contributed by atoms with van der Waals surface area (Å²) in [6.45, 7) is 12.0. The van der Waals surface area contributed by atoms with E-state index in [0.29, 0.717) is 21.4 Å². The number of ether oxygens (including phenoxy) is 1. The van der Waals surface area contributed by atoms with E-state index in [0.717, 1.165) is 6.42 Å². The molecule has 0 bridgehead atoms. The summed E-state index contributed by atoms with van der Waals surface area (Å²) in [5, 5.41) is 3.88. The molecule has 2 rings (SSSR count). The molecule has 2 amide bonds. The van der Waals surface area contributed by atoms with Crippen LogP contribution in [0.5, 0.6) is 5.75 Å². The highest BCUT2D eigenvalue weighted by Gasteiger charge is 2.28. The molecule has 0 heterocycles. The number of hydrogen-bond acceptors (Lipinski definition) is 3. The second-order valence-electron chi connectivity index (χ2n) is 9.31. The summed E-state index contributed by atoms with van der Waals surface area (Å²) < 4.78 is 5.76. The van der Waals surface area contributed by atoms with Gasteiger partial charge in [-0.15, -0.1) is 0 Å². The minimum atomic E-state index is -0.704. The van der Waals surface area contributed by atoms with Crippen molar-refractivity contribution in [3.8, 4) is 5.75 Å². The molecule has 0 aliphatic carbocycles. The van der Waals surface area contributed by atoms with Gasteiger partial charge >= 0.3 is 0 Å². The summed E-state index contributed by atoms with van der Waals surface area (Å²) in [5.74, 6) is 0.0579. The molecule has 0 saturated heterocycles. The molecule has 180 valence electrons. The van der Waals surface area contributed by atoms with Gasteiger partial charge in [0.25, 0.3) is 5.91 Å². The number of benzene rings is 2. The van der Waals surface area contributed by atoms with Crippen LogP contribution in [0.1, 0.15) is 59.1 Å². The minimum Gasteiger partial charge on any atom is -0.484 e. The third kappa shape index (κ3) is 7.94. The molecule has 7 heteroatoms. The van der Waals surface area contributed by atoms with Crippen LogP contribution in [-0.2, 0) is 21.5 Å². The predicted octanol–water partition coefficient (Wildman–Crippen LogP) is 6.00. The molecule has 1 N–H and O–H groups in total. The van der Waals surface area contributed by atoms with Crippen LogP contribution in [0, 0.1) is 0 Å². The molecule has 0 fully saturated rings. The van der Waals surface area contributed by atoms with Gasteiger partial charge in [-0.25, -0.2) is 0 Å². The largest absolute Gasteiger partial charge is 0.484 e. The van der Waals surface area contributed by atoms with Crippen molar-refractivity contribution in [2.24, 2.45) is 0 Å². The second kappa shape index (κ2) is 11.8. The van der Waals surface area contributed by atoms with Gasteiger partial charge in [0, 0.05) is 22.6 Å². The number of carbonyl (C=O) groups excluding carboxylic acids is 2. The number of amides is 2. The van der Waals surface area contributed by atoms with Crippen LogP contribution in [0.4, 0.5) is 0 Å². The van der Waals surface area contributed by atoms with E-state index >= 15 is 0 Å². The van der Waals surface area contributed by atoms with Gasteiger partial charge in [-0.3, -0.25) is 9.59 Å². The Morgan fingerprint density at radius 2 is 1.70 bits per heavy atom. The van der Waals surface area contributed by atoms with Crippen molar-refractivity contribution >= 4 is 35.0 Å². The number of nitrogens with zero attached hydrogens (tertiary/aromatic N) is 1. The molecule has 33 heavy (non-hydrogen) atoms. The van der Waals surface area contributed by atoms with Crippen molar-refractivity contribution in [3.63, 3.8) is 0 Å². The average Bonchev–Trinajstić information content (AvgIpc) is 2.76. The Morgan fingerprint density at radius 3 is 2.24 bits per heavy atom. The summed E-state index contributed by atoms with van der Waals surface area (Å²) in [6.07, 6.45) is 0.795. The number of hydrogen-bond donors (Lipinski definition) is 1. The standard InChI is InChI=1S/C26H34Cl2N2O3/c1-7-17(2)29-25(32)18(3)30(15-19-8-11-21(27)14-23(19)28)24(31)16-33-22-12-9-20(10-13-22)26(4,5)6/h8-14,17-18H,7,15-16H2,1-6H3,(H,29,32). The third-order valence-electron chi connectivity index (χ3n) is 5.61. The zero-order chi connectivity index (χ0) is 24.8. The molecule has 0 radical (unpaired) electrons. The molecule has 2 unspecified atom stereocenters. The first-order valence-corrected chi connectivity index (χ1v) is 11.9. The van der Waals surface area contributed by atoms with E-state index < -0.39 is 6.04 Å². The Kier molecular flexibility index (Phi) is 9.62. The monoisotopic (exact) mass is 492 g/mol. The fraction of sp³-hybridized carbons (Fsp3) is 0.462. The topological polar surface area (TPSA) is 58.6 Å². The zero-order valence-corrected chi connectivity index (χ0v) is 21.8. The van der Waals surface area contributed by atoms with Crippen LogP contribution in [0.2, 0.25) is 10.0 Å². The van der Waals surface area contributed by atoms with Crippen LogP contribution < -0.4 is 10.1 Å². The number of nitrogens with one attached hydrogen (secondary N) is 1. The van der Waals surface area contributed by atoms with Crippen LogP contribution in [0.3, 0.4) is 0 Å². The number of halogens is 2. The Morgan fingerprint density at radius 1 is 1.06 bits per heavy atom. The average molecular weight is 493 g/mol. The van der Waals surface area contributed by atoms with E-state index in [1.807, 2.05) is 38.1 Å². The molecule has 5 nitrogen and oxygen atoms in total. The Hall–Kier alpha value is -2.24. The predicted molar refractivity (Wildman–Crippen MR) is 135 cm³/mol. The van der Waals surface area contributed by atoms with Gasteiger partial charge in [-0.05, 0) is 61.1 Å². The molecular weight excluding hydrogens is 459 g/mol. The van der Waals surface area contributed by atoms with Gasteiger partial charge in [-0.1, -0.05) is 69.1 Å². The molecule has 2 aromatic rings. The lowest BCUT2D eigenvalue weighted by Crippen LogP contribution is -2.50. The first-order chi connectivity index (χ1) is 15.4. The van der Waals surface area contributed by atoms with E-state index in [9.17, 15) is 9.59 Å². The summed E-state index contributed by atoms with van der Waals surface area (Å²) in [6, 6.07) is 12.1. The minimum absolute atomic E-state index is 0.00797. The Bertz CT molecular complexity index is 955. The van der Waals surface area contributed by atoms with Crippen LogP contribution >= 0.6 is 23.2 Å². The lowest BCUT2D eigenvalue weighted by Gasteiger charge is -2.30. The summed E-state index contributed by atoms with van der Waals surface area (Å²) in [4.78, 5) is 27.5. The number of rotatable bonds is 9. The lowest BCUT2D eigenvalue weighted by molar-refractivity contribution is -0.142. The highest BCUT2D eigenvalue weighted by atomic mass is 35.5. The lowest BCUT2D eigenvalue weighted by atomic mass is 9.87. The summed E-state index contributed by atoms with van der Waals surface area (Å²) in [5.41, 5.74) is 1.91. The maximum absolute atomic E-state index is 13.2. The van der Waals surface area contributed by atoms with Gasteiger partial charge < -0.3 is 15.0 Å². The smallest absolute Gasteiger partial charge is 0.261 e. The molecule has 0 spiro atoms. The quantitative estimate of drug-likeness (QED) is 0.466.